The fourth-order valence-corrected chi connectivity index (χ4v) is 8.48. The maximum atomic E-state index is 12.6. The molecule has 3 aliphatic rings. The highest BCUT2D eigenvalue weighted by Crippen LogP contribution is 2.39. The Morgan fingerprint density at radius 3 is 2.30 bits per heavy atom. The van der Waals surface area contributed by atoms with Crippen molar-refractivity contribution in [1.82, 2.24) is 25.0 Å². The summed E-state index contributed by atoms with van der Waals surface area (Å²) in [5, 5.41) is 20.5. The summed E-state index contributed by atoms with van der Waals surface area (Å²) in [7, 11) is 5.13. The Morgan fingerprint density at radius 2 is 1.66 bits per heavy atom. The van der Waals surface area contributed by atoms with E-state index >= 15 is 0 Å². The van der Waals surface area contributed by atoms with E-state index in [1.807, 2.05) is 30.5 Å². The summed E-state index contributed by atoms with van der Waals surface area (Å²) in [6.07, 6.45) is 3.71. The summed E-state index contributed by atoms with van der Waals surface area (Å²) in [5.74, 6) is -1.07. The van der Waals surface area contributed by atoms with Gasteiger partial charge in [0, 0.05) is 74.7 Å². The van der Waals surface area contributed by atoms with Crippen molar-refractivity contribution in [3.63, 3.8) is 0 Å². The molecule has 0 bridgehead atoms. The molecular weight excluding hydrogens is 796 g/mol. The number of carbonyl (C=O) groups excluding carboxylic acids is 2. The van der Waals surface area contributed by atoms with Crippen LogP contribution in [0.2, 0.25) is 0 Å². The molecule has 8 rings (SSSR count). The number of carbonyl (C=O) groups is 3. The molecule has 2 aromatic heterocycles. The molecule has 322 valence electrons. The Labute approximate surface area is 349 Å². The number of ether oxygens (including phenoxy) is 2. The van der Waals surface area contributed by atoms with Gasteiger partial charge >= 0.3 is 12.1 Å². The van der Waals surface area contributed by atoms with Gasteiger partial charge in [-0.3, -0.25) is 29.7 Å². The SMILES string of the molecule is COc1cc(-c2cn(C)c(=O)c3[nH]ncc23)cc(OC)c1CN1CCc2c(CC3CCN(c4ccc(NC5CCC(=O)NC5=O)cc4)CC3)cccc2C1.O=C(O)C(F)(F)F. The van der Waals surface area contributed by atoms with Gasteiger partial charge in [0.25, 0.3) is 5.56 Å². The molecule has 3 aromatic carbocycles. The Bertz CT molecular complexity index is 2450. The van der Waals surface area contributed by atoms with E-state index in [0.717, 1.165) is 91.1 Å². The molecule has 1 atom stereocenters. The number of nitrogens with zero attached hydrogens (tertiary/aromatic N) is 4. The summed E-state index contributed by atoms with van der Waals surface area (Å²) >= 11 is 0. The second-order valence-corrected chi connectivity index (χ2v) is 15.6. The Kier molecular flexibility index (Phi) is 12.7. The third kappa shape index (κ3) is 9.67. The number of aliphatic carboxylic acids is 1. The average Bonchev–Trinajstić information content (AvgIpc) is 3.74. The van der Waals surface area contributed by atoms with Crippen molar-refractivity contribution >= 4 is 40.1 Å². The number of anilines is 2. The summed E-state index contributed by atoms with van der Waals surface area (Å²) in [5.41, 5.74) is 9.59. The van der Waals surface area contributed by atoms with Gasteiger partial charge in [-0.05, 0) is 96.7 Å². The van der Waals surface area contributed by atoms with Crippen LogP contribution in [0.5, 0.6) is 11.5 Å². The highest BCUT2D eigenvalue weighted by molar-refractivity contribution is 6.01. The monoisotopic (exact) mass is 843 g/mol. The number of aryl methyl sites for hydroxylation is 1. The lowest BCUT2D eigenvalue weighted by Crippen LogP contribution is -2.47. The highest BCUT2D eigenvalue weighted by atomic mass is 19.4. The molecule has 2 amide bonds. The number of fused-ring (bicyclic) bond motifs is 2. The van der Waals surface area contributed by atoms with Gasteiger partial charge in [-0.1, -0.05) is 18.2 Å². The van der Waals surface area contributed by atoms with Gasteiger partial charge in [0.2, 0.25) is 11.8 Å². The predicted molar refractivity (Wildman–Crippen MR) is 223 cm³/mol. The number of aromatic nitrogens is 3. The number of imide groups is 1. The van der Waals surface area contributed by atoms with Crippen molar-refractivity contribution in [2.45, 2.75) is 63.8 Å². The molecule has 2 fully saturated rings. The lowest BCUT2D eigenvalue weighted by atomic mass is 9.85. The highest BCUT2D eigenvalue weighted by Gasteiger charge is 2.38. The van der Waals surface area contributed by atoms with Gasteiger partial charge in [-0.15, -0.1) is 0 Å². The maximum absolute atomic E-state index is 12.6. The predicted octanol–water partition coefficient (Wildman–Crippen LogP) is 5.81. The number of piperidine rings is 2. The second-order valence-electron chi connectivity index (χ2n) is 15.6. The molecule has 0 radical (unpaired) electrons. The van der Waals surface area contributed by atoms with E-state index in [1.54, 1.807) is 32.0 Å². The topological polar surface area (TPSA) is 171 Å². The van der Waals surface area contributed by atoms with Crippen molar-refractivity contribution in [2.75, 3.05) is 44.1 Å². The van der Waals surface area contributed by atoms with E-state index in [-0.39, 0.29) is 23.4 Å². The van der Waals surface area contributed by atoms with Crippen LogP contribution in [0.1, 0.15) is 47.9 Å². The first-order chi connectivity index (χ1) is 29.2. The van der Waals surface area contributed by atoms with Crippen LogP contribution in [0.15, 0.2) is 71.8 Å². The molecule has 5 heterocycles. The fourth-order valence-electron chi connectivity index (χ4n) is 8.48. The van der Waals surface area contributed by atoms with Crippen LogP contribution in [0.3, 0.4) is 0 Å². The number of alkyl halides is 3. The van der Waals surface area contributed by atoms with E-state index < -0.39 is 12.1 Å². The number of nitrogens with one attached hydrogen (secondary N) is 3. The third-order valence-corrected chi connectivity index (χ3v) is 11.7. The fraction of sp³-hybridized carbons (Fsp3) is 0.386. The van der Waals surface area contributed by atoms with Gasteiger partial charge in [0.1, 0.15) is 23.1 Å². The van der Waals surface area contributed by atoms with Crippen LogP contribution in [0, 0.1) is 5.92 Å². The summed E-state index contributed by atoms with van der Waals surface area (Å²) < 4.78 is 45.2. The summed E-state index contributed by atoms with van der Waals surface area (Å²) in [6.45, 7) is 4.54. The molecule has 0 saturated carbocycles. The number of rotatable bonds is 10. The van der Waals surface area contributed by atoms with Crippen LogP contribution in [-0.2, 0) is 47.4 Å². The summed E-state index contributed by atoms with van der Waals surface area (Å²) in [4.78, 5) is 50.1. The third-order valence-electron chi connectivity index (χ3n) is 11.7. The van der Waals surface area contributed by atoms with Crippen molar-refractivity contribution in [3.8, 4) is 22.6 Å². The van der Waals surface area contributed by atoms with E-state index in [0.29, 0.717) is 30.8 Å². The standard InChI is InChI=1S/C42H47N7O5.C2HF3O2/c1-47-24-34(33-22-43-46-40(33)42(47)52)29-20-37(53-2)35(38(21-29)54-3)25-48-16-15-32-27(5-4-6-28(32)23-48)19-26-13-17-49(18-14-26)31-9-7-30(8-10-31)44-36-11-12-39(50)45-41(36)51;3-2(4,5)1(6)7/h4-10,20-22,24,26,36,44H,11-19,23,25H2,1-3H3,(H,43,46)(H,45,50,51);(H,6,7). The number of carboxylic acid groups (broad SMARTS) is 1. The molecule has 0 aliphatic carbocycles. The minimum Gasteiger partial charge on any atom is -0.496 e. The first-order valence-electron chi connectivity index (χ1n) is 20.1. The number of aromatic amines is 1. The number of hydrogen-bond donors (Lipinski definition) is 4. The van der Waals surface area contributed by atoms with Crippen molar-refractivity contribution in [2.24, 2.45) is 13.0 Å². The maximum Gasteiger partial charge on any atom is 0.490 e. The van der Waals surface area contributed by atoms with Crippen LogP contribution >= 0.6 is 0 Å². The van der Waals surface area contributed by atoms with Gasteiger partial charge in [0.15, 0.2) is 0 Å². The zero-order valence-corrected chi connectivity index (χ0v) is 34.1. The van der Waals surface area contributed by atoms with E-state index in [9.17, 15) is 27.6 Å². The molecule has 5 aromatic rings. The number of hydrogen-bond acceptors (Lipinski definition) is 10. The molecule has 3 aliphatic heterocycles. The molecule has 0 spiro atoms. The minimum atomic E-state index is -5.08. The lowest BCUT2D eigenvalue weighted by Gasteiger charge is -2.35. The smallest absolute Gasteiger partial charge is 0.490 e. The number of H-pyrrole nitrogens is 1. The van der Waals surface area contributed by atoms with Gasteiger partial charge < -0.3 is 29.4 Å². The number of halogens is 3. The molecule has 1 unspecified atom stereocenters. The molecule has 14 nitrogen and oxygen atoms in total. The van der Waals surface area contributed by atoms with E-state index in [2.05, 4.69) is 61.0 Å². The summed E-state index contributed by atoms with van der Waals surface area (Å²) in [6, 6.07) is 18.8. The van der Waals surface area contributed by atoms with Gasteiger partial charge in [-0.2, -0.15) is 18.3 Å². The minimum absolute atomic E-state index is 0.122. The first-order valence-corrected chi connectivity index (χ1v) is 20.1. The van der Waals surface area contributed by atoms with Crippen LogP contribution in [-0.4, -0.2) is 88.6 Å². The Balaban J connectivity index is 0.000000739. The number of amides is 2. The largest absolute Gasteiger partial charge is 0.496 e. The van der Waals surface area contributed by atoms with Crippen molar-refractivity contribution in [3.05, 3.63) is 99.6 Å². The van der Waals surface area contributed by atoms with Crippen molar-refractivity contribution in [1.29, 1.82) is 0 Å². The zero-order chi connectivity index (χ0) is 43.4. The van der Waals surface area contributed by atoms with Crippen molar-refractivity contribution < 1.29 is 42.1 Å². The second kappa shape index (κ2) is 18.1. The van der Waals surface area contributed by atoms with E-state index in [1.165, 1.54) is 22.4 Å². The average molecular weight is 844 g/mol. The normalized spacial score (nSPS) is 17.3. The molecular formula is C44H48F3N7O7. The Hall–Kier alpha value is -6.36. The number of carboxylic acids is 1. The molecule has 4 N–H and O–H groups in total. The number of methoxy groups -OCH3 is 2. The molecule has 17 heteroatoms. The quantitative estimate of drug-likeness (QED) is 0.125. The first kappa shape index (κ1) is 42.8. The van der Waals surface area contributed by atoms with Crippen LogP contribution < -0.4 is 30.6 Å². The number of benzene rings is 3. The van der Waals surface area contributed by atoms with Crippen LogP contribution in [0.4, 0.5) is 24.5 Å². The Morgan fingerprint density at radius 1 is 0.967 bits per heavy atom. The van der Waals surface area contributed by atoms with Gasteiger partial charge in [-0.25, -0.2) is 4.79 Å². The van der Waals surface area contributed by atoms with Crippen LogP contribution in [0.25, 0.3) is 22.0 Å². The molecule has 61 heavy (non-hydrogen) atoms. The zero-order valence-electron chi connectivity index (χ0n) is 34.1. The number of pyridine rings is 1. The lowest BCUT2D eigenvalue weighted by molar-refractivity contribution is -0.192. The van der Waals surface area contributed by atoms with Gasteiger partial charge in [0.05, 0.1) is 26.0 Å². The molecule has 2 saturated heterocycles. The van der Waals surface area contributed by atoms with E-state index in [4.69, 9.17) is 19.4 Å².